The van der Waals surface area contributed by atoms with E-state index < -0.39 is 0 Å². The van der Waals surface area contributed by atoms with Gasteiger partial charge in [0.2, 0.25) is 0 Å². The van der Waals surface area contributed by atoms with Crippen molar-refractivity contribution in [3.05, 3.63) is 209 Å². The van der Waals surface area contributed by atoms with Crippen LogP contribution in [0.2, 0.25) is 0 Å². The first-order chi connectivity index (χ1) is 33.6. The Morgan fingerprint density at radius 1 is 0.290 bits per heavy atom. The molecule has 0 unspecified atom stereocenters. The van der Waals surface area contributed by atoms with Crippen LogP contribution in [0.15, 0.2) is 176 Å². The lowest BCUT2D eigenvalue weighted by atomic mass is 10.1. The number of pyridine rings is 1. The monoisotopic (exact) mass is 889 g/mol. The van der Waals surface area contributed by atoms with Gasteiger partial charge in [0, 0.05) is 49.3 Å². The van der Waals surface area contributed by atoms with Gasteiger partial charge in [0.05, 0.1) is 55.7 Å². The third kappa shape index (κ3) is 6.49. The Bertz CT molecular complexity index is 3870. The summed E-state index contributed by atoms with van der Waals surface area (Å²) in [5.74, 6) is 1.79. The van der Waals surface area contributed by atoms with Gasteiger partial charge in [0.1, 0.15) is 0 Å². The molecule has 5 aromatic heterocycles. The predicted octanol–water partition coefficient (Wildman–Crippen LogP) is 15.4. The van der Waals surface area contributed by atoms with Crippen molar-refractivity contribution < 1.29 is 0 Å². The molecule has 5 heterocycles. The molecule has 0 bridgehead atoms. The quantitative estimate of drug-likeness (QED) is 0.167. The molecular formula is C62H47N7. The van der Waals surface area contributed by atoms with Crippen LogP contribution in [0.4, 0.5) is 0 Å². The first kappa shape index (κ1) is 40.6. The number of aryl methyl sites for hydroxylation is 6. The summed E-state index contributed by atoms with van der Waals surface area (Å²) >= 11 is 0. The van der Waals surface area contributed by atoms with Gasteiger partial charge in [-0.2, -0.15) is 0 Å². The lowest BCUT2D eigenvalue weighted by Gasteiger charge is -2.23. The van der Waals surface area contributed by atoms with Crippen molar-refractivity contribution >= 4 is 65.5 Å². The largest absolute Gasteiger partial charge is 0.307 e. The van der Waals surface area contributed by atoms with Crippen LogP contribution in [0.25, 0.3) is 117 Å². The van der Waals surface area contributed by atoms with Crippen LogP contribution in [0.5, 0.6) is 0 Å². The van der Waals surface area contributed by atoms with Crippen molar-refractivity contribution in [1.29, 1.82) is 0 Å². The van der Waals surface area contributed by atoms with Gasteiger partial charge in [0.25, 0.3) is 0 Å². The van der Waals surface area contributed by atoms with E-state index in [0.29, 0.717) is 17.5 Å². The summed E-state index contributed by atoms with van der Waals surface area (Å²) in [6.07, 6.45) is 0. The number of rotatable bonds is 6. The van der Waals surface area contributed by atoms with E-state index >= 15 is 0 Å². The van der Waals surface area contributed by atoms with E-state index in [1.165, 1.54) is 49.4 Å². The molecule has 0 aliphatic heterocycles. The van der Waals surface area contributed by atoms with Crippen LogP contribution in [0, 0.1) is 41.5 Å². The number of benzene rings is 8. The maximum atomic E-state index is 5.39. The van der Waals surface area contributed by atoms with Gasteiger partial charge in [0.15, 0.2) is 17.5 Å². The van der Waals surface area contributed by atoms with Gasteiger partial charge in [-0.3, -0.25) is 4.98 Å². The Labute approximate surface area is 399 Å². The molecule has 7 nitrogen and oxygen atoms in total. The minimum Gasteiger partial charge on any atom is -0.307 e. The third-order valence-corrected chi connectivity index (χ3v) is 13.8. The maximum absolute atomic E-state index is 5.39. The SMILES string of the molecule is Cc1ccc2c(c1)c1cc(C)ccc1n2-c1cc(-c2nc(-c3ccccc3)nc(-c3ccccc3)n2)cc(-n2c3ccc(C)cc3c3cc(C)ccc32)c1-n1c2ccc(C)cc2c2nc(C)ccc21. The number of hydrogen-bond donors (Lipinski definition) is 0. The average molecular weight is 890 g/mol. The van der Waals surface area contributed by atoms with Crippen LogP contribution >= 0.6 is 0 Å². The number of fused-ring (bicyclic) bond motifs is 9. The van der Waals surface area contributed by atoms with E-state index in [4.69, 9.17) is 19.9 Å². The fourth-order valence-electron chi connectivity index (χ4n) is 10.6. The van der Waals surface area contributed by atoms with Gasteiger partial charge in [-0.15, -0.1) is 0 Å². The smallest absolute Gasteiger partial charge is 0.164 e. The molecule has 0 fully saturated rings. The first-order valence-electron chi connectivity index (χ1n) is 23.6. The van der Waals surface area contributed by atoms with E-state index in [9.17, 15) is 0 Å². The van der Waals surface area contributed by atoms with Crippen molar-refractivity contribution in [2.45, 2.75) is 41.5 Å². The predicted molar refractivity (Wildman–Crippen MR) is 285 cm³/mol. The zero-order valence-electron chi connectivity index (χ0n) is 39.4. The summed E-state index contributed by atoms with van der Waals surface area (Å²) in [6, 6.07) is 63.6. The Morgan fingerprint density at radius 2 is 0.638 bits per heavy atom. The van der Waals surface area contributed by atoms with E-state index in [0.717, 1.165) is 83.4 Å². The van der Waals surface area contributed by atoms with Gasteiger partial charge >= 0.3 is 0 Å². The molecule has 0 radical (unpaired) electrons. The lowest BCUT2D eigenvalue weighted by Crippen LogP contribution is -2.11. The number of aromatic nitrogens is 7. The lowest BCUT2D eigenvalue weighted by molar-refractivity contribution is 1.04. The van der Waals surface area contributed by atoms with Crippen LogP contribution in [0.3, 0.4) is 0 Å². The van der Waals surface area contributed by atoms with Crippen molar-refractivity contribution in [3.63, 3.8) is 0 Å². The van der Waals surface area contributed by atoms with Crippen molar-refractivity contribution in [1.82, 2.24) is 33.6 Å². The van der Waals surface area contributed by atoms with E-state index in [2.05, 4.69) is 195 Å². The minimum atomic E-state index is 0.576. The summed E-state index contributed by atoms with van der Waals surface area (Å²) in [4.78, 5) is 21.2. The molecule has 7 heteroatoms. The van der Waals surface area contributed by atoms with Crippen molar-refractivity contribution in [2.75, 3.05) is 0 Å². The zero-order valence-corrected chi connectivity index (χ0v) is 39.4. The second-order valence-corrected chi connectivity index (χ2v) is 18.8. The number of hydrogen-bond acceptors (Lipinski definition) is 4. The summed E-state index contributed by atoms with van der Waals surface area (Å²) in [5, 5.41) is 5.89. The molecule has 0 N–H and O–H groups in total. The van der Waals surface area contributed by atoms with Crippen LogP contribution < -0.4 is 0 Å². The summed E-state index contributed by atoms with van der Waals surface area (Å²) < 4.78 is 7.40. The van der Waals surface area contributed by atoms with Crippen molar-refractivity contribution in [3.8, 4) is 51.2 Å². The highest BCUT2D eigenvalue weighted by molar-refractivity contribution is 6.13. The van der Waals surface area contributed by atoms with Crippen molar-refractivity contribution in [2.24, 2.45) is 0 Å². The molecule has 0 aliphatic carbocycles. The fraction of sp³-hybridized carbons (Fsp3) is 0.0968. The van der Waals surface area contributed by atoms with E-state index in [1.54, 1.807) is 0 Å². The molecule has 0 saturated carbocycles. The second-order valence-electron chi connectivity index (χ2n) is 18.8. The molecule has 13 rings (SSSR count). The van der Waals surface area contributed by atoms with Crippen LogP contribution in [0.1, 0.15) is 33.5 Å². The highest BCUT2D eigenvalue weighted by atomic mass is 15.1. The van der Waals surface area contributed by atoms with Gasteiger partial charge in [-0.25, -0.2) is 15.0 Å². The van der Waals surface area contributed by atoms with E-state index in [-0.39, 0.29) is 0 Å². The molecule has 69 heavy (non-hydrogen) atoms. The Kier molecular flexibility index (Phi) is 9.08. The summed E-state index contributed by atoms with van der Waals surface area (Å²) in [7, 11) is 0. The minimum absolute atomic E-state index is 0.576. The third-order valence-electron chi connectivity index (χ3n) is 13.8. The van der Waals surface area contributed by atoms with Crippen LogP contribution in [-0.2, 0) is 0 Å². The van der Waals surface area contributed by atoms with Gasteiger partial charge < -0.3 is 13.7 Å². The van der Waals surface area contributed by atoms with E-state index in [1.807, 2.05) is 36.4 Å². The molecule has 8 aromatic carbocycles. The highest BCUT2D eigenvalue weighted by Crippen LogP contribution is 2.45. The Morgan fingerprint density at radius 3 is 1.04 bits per heavy atom. The maximum Gasteiger partial charge on any atom is 0.164 e. The molecule has 13 aromatic rings. The average Bonchev–Trinajstić information content (AvgIpc) is 3.97. The van der Waals surface area contributed by atoms with Gasteiger partial charge in [-0.1, -0.05) is 119 Å². The Balaban J connectivity index is 1.28. The molecular weight excluding hydrogens is 843 g/mol. The molecule has 0 atom stereocenters. The van der Waals surface area contributed by atoms with Gasteiger partial charge in [-0.05, 0) is 126 Å². The zero-order chi connectivity index (χ0) is 46.7. The molecule has 0 amide bonds. The Hall–Kier alpha value is -8.68. The van der Waals surface area contributed by atoms with Crippen LogP contribution in [-0.4, -0.2) is 33.6 Å². The topological polar surface area (TPSA) is 66.3 Å². The summed E-state index contributed by atoms with van der Waals surface area (Å²) in [5.41, 5.74) is 20.1. The first-order valence-corrected chi connectivity index (χ1v) is 23.6. The molecule has 0 spiro atoms. The normalized spacial score (nSPS) is 11.9. The number of nitrogens with zero attached hydrogens (tertiary/aromatic N) is 7. The molecule has 0 aliphatic rings. The second kappa shape index (κ2) is 15.4. The summed E-state index contributed by atoms with van der Waals surface area (Å²) in [6.45, 7) is 13.0. The molecule has 0 saturated heterocycles. The standard InChI is InChI=1S/C62H47N7/c1-36-17-23-50-45(29-36)46-30-37(2)18-24-51(46)67(50)56-34-44(62-65-60(42-13-9-7-10-14-42)64-61(66-62)43-15-11-8-12-16-43)35-57(68-52-25-19-38(3)31-47(52)48-32-39(4)20-26-53(48)68)59(56)69-54-27-21-40(5)33-49(54)58-55(69)28-22-41(6)63-58/h7-35H,1-6H3. The fourth-order valence-corrected chi connectivity index (χ4v) is 10.6. The molecule has 330 valence electrons. The highest BCUT2D eigenvalue weighted by Gasteiger charge is 2.28.